The lowest BCUT2D eigenvalue weighted by molar-refractivity contribution is 0.121. The van der Waals surface area contributed by atoms with Gasteiger partial charge in [0, 0.05) is 6.61 Å². The van der Waals surface area contributed by atoms with Crippen molar-refractivity contribution in [3.63, 3.8) is 0 Å². The van der Waals surface area contributed by atoms with E-state index in [1.165, 1.54) is 6.42 Å². The van der Waals surface area contributed by atoms with E-state index in [9.17, 15) is 0 Å². The Morgan fingerprint density at radius 3 is 1.55 bits per heavy atom. The van der Waals surface area contributed by atoms with Crippen molar-refractivity contribution in [1.29, 1.82) is 0 Å². The molecule has 70 valence electrons. The number of ether oxygens (including phenoxy) is 1. The summed E-state index contributed by atoms with van der Waals surface area (Å²) in [6, 6.07) is 0. The summed E-state index contributed by atoms with van der Waals surface area (Å²) in [5, 5.41) is 0. The summed E-state index contributed by atoms with van der Waals surface area (Å²) in [6.07, 6.45) is 1.77. The molecule has 1 heterocycles. The van der Waals surface area contributed by atoms with Crippen LogP contribution < -0.4 is 0 Å². The van der Waals surface area contributed by atoms with Gasteiger partial charge in [-0.25, -0.2) is 0 Å². The molecule has 0 aromatic rings. The molecular formula is C10H24O. The standard InChI is InChI=1S/C6H12O.2C2H6/c1-5-3-6(2)7-4-5;2*1-2/h5-6H,3-4H2,1-2H3;2*1-2H3/t5-,6+;;/m0../s1. The monoisotopic (exact) mass is 160 g/mol. The maximum absolute atomic E-state index is 5.27. The largest absolute Gasteiger partial charge is 0.378 e. The summed E-state index contributed by atoms with van der Waals surface area (Å²) < 4.78 is 5.27. The van der Waals surface area contributed by atoms with Gasteiger partial charge >= 0.3 is 0 Å². The van der Waals surface area contributed by atoms with Crippen molar-refractivity contribution in [1.82, 2.24) is 0 Å². The highest BCUT2D eigenvalue weighted by atomic mass is 16.5. The minimum absolute atomic E-state index is 0.523. The Kier molecular flexibility index (Phi) is 12.3. The van der Waals surface area contributed by atoms with Crippen LogP contribution in [-0.4, -0.2) is 12.7 Å². The molecule has 0 N–H and O–H groups in total. The quantitative estimate of drug-likeness (QED) is 0.527. The van der Waals surface area contributed by atoms with Crippen molar-refractivity contribution in [2.75, 3.05) is 6.61 Å². The van der Waals surface area contributed by atoms with Crippen LogP contribution in [-0.2, 0) is 4.74 Å². The van der Waals surface area contributed by atoms with Gasteiger partial charge in [-0.3, -0.25) is 0 Å². The lowest BCUT2D eigenvalue weighted by atomic mass is 10.1. The van der Waals surface area contributed by atoms with Gasteiger partial charge in [-0.2, -0.15) is 0 Å². The molecule has 1 rings (SSSR count). The predicted octanol–water partition coefficient (Wildman–Crippen LogP) is 3.48. The minimum Gasteiger partial charge on any atom is -0.378 e. The molecule has 0 bridgehead atoms. The second kappa shape index (κ2) is 9.96. The molecule has 0 aromatic carbocycles. The summed E-state index contributed by atoms with van der Waals surface area (Å²) in [5.41, 5.74) is 0. The minimum atomic E-state index is 0.523. The summed E-state index contributed by atoms with van der Waals surface area (Å²) in [6.45, 7) is 13.3. The van der Waals surface area contributed by atoms with E-state index in [-0.39, 0.29) is 0 Å². The second-order valence-electron chi connectivity index (χ2n) is 2.48. The van der Waals surface area contributed by atoms with E-state index in [0.29, 0.717) is 6.10 Å². The van der Waals surface area contributed by atoms with Crippen LogP contribution in [0.1, 0.15) is 48.0 Å². The van der Waals surface area contributed by atoms with Gasteiger partial charge in [-0.1, -0.05) is 34.6 Å². The number of hydrogen-bond donors (Lipinski definition) is 0. The van der Waals surface area contributed by atoms with Crippen molar-refractivity contribution in [3.8, 4) is 0 Å². The van der Waals surface area contributed by atoms with E-state index in [2.05, 4.69) is 13.8 Å². The van der Waals surface area contributed by atoms with Gasteiger partial charge in [-0.05, 0) is 19.3 Å². The molecule has 1 heteroatoms. The van der Waals surface area contributed by atoms with Gasteiger partial charge in [0.1, 0.15) is 0 Å². The van der Waals surface area contributed by atoms with Gasteiger partial charge in [0.2, 0.25) is 0 Å². The Hall–Kier alpha value is -0.0400. The van der Waals surface area contributed by atoms with Crippen LogP contribution in [0.5, 0.6) is 0 Å². The van der Waals surface area contributed by atoms with Gasteiger partial charge in [0.15, 0.2) is 0 Å². The van der Waals surface area contributed by atoms with E-state index in [0.717, 1.165) is 12.5 Å². The predicted molar refractivity (Wildman–Crippen MR) is 51.9 cm³/mol. The number of rotatable bonds is 0. The van der Waals surface area contributed by atoms with Crippen LogP contribution in [0, 0.1) is 5.92 Å². The first kappa shape index (κ1) is 13.5. The van der Waals surface area contributed by atoms with E-state index in [4.69, 9.17) is 4.74 Å². The molecule has 1 saturated heterocycles. The molecule has 11 heavy (non-hydrogen) atoms. The highest BCUT2D eigenvalue weighted by molar-refractivity contribution is 4.64. The molecule has 0 radical (unpaired) electrons. The molecule has 1 fully saturated rings. The Balaban J connectivity index is 0. The fourth-order valence-corrected chi connectivity index (χ4v) is 1.03. The van der Waals surface area contributed by atoms with Crippen LogP contribution in [0.3, 0.4) is 0 Å². The summed E-state index contributed by atoms with van der Waals surface area (Å²) in [5.74, 6) is 0.801. The van der Waals surface area contributed by atoms with Crippen molar-refractivity contribution in [2.24, 2.45) is 5.92 Å². The molecule has 0 spiro atoms. The molecule has 0 unspecified atom stereocenters. The molecule has 1 aliphatic heterocycles. The SMILES string of the molecule is CC.CC.C[C@@H]1CO[C@H](C)C1. The van der Waals surface area contributed by atoms with Gasteiger partial charge < -0.3 is 4.74 Å². The maximum Gasteiger partial charge on any atom is 0.0550 e. The Morgan fingerprint density at radius 1 is 1.00 bits per heavy atom. The van der Waals surface area contributed by atoms with E-state index in [1.54, 1.807) is 0 Å². The summed E-state index contributed by atoms with van der Waals surface area (Å²) in [7, 11) is 0. The fourth-order valence-electron chi connectivity index (χ4n) is 1.03. The Labute approximate surface area is 72.1 Å². The van der Waals surface area contributed by atoms with Crippen molar-refractivity contribution < 1.29 is 4.74 Å². The second-order valence-corrected chi connectivity index (χ2v) is 2.48. The normalized spacial score (nSPS) is 27.8. The first-order valence-corrected chi connectivity index (χ1v) is 4.90. The first-order valence-electron chi connectivity index (χ1n) is 4.90. The van der Waals surface area contributed by atoms with Gasteiger partial charge in [0.25, 0.3) is 0 Å². The summed E-state index contributed by atoms with van der Waals surface area (Å²) in [4.78, 5) is 0. The average molecular weight is 160 g/mol. The van der Waals surface area contributed by atoms with Crippen molar-refractivity contribution in [2.45, 2.75) is 54.1 Å². The number of hydrogen-bond acceptors (Lipinski definition) is 1. The lowest BCUT2D eigenvalue weighted by Crippen LogP contribution is -1.94. The third-order valence-electron chi connectivity index (χ3n) is 1.40. The lowest BCUT2D eigenvalue weighted by Gasteiger charge is -1.94. The van der Waals surface area contributed by atoms with Crippen LogP contribution in [0.4, 0.5) is 0 Å². The zero-order valence-corrected chi connectivity index (χ0v) is 8.98. The Bertz CT molecular complexity index is 53.9. The zero-order valence-electron chi connectivity index (χ0n) is 8.98. The third-order valence-corrected chi connectivity index (χ3v) is 1.40. The molecular weight excluding hydrogens is 136 g/mol. The van der Waals surface area contributed by atoms with Gasteiger partial charge in [0.05, 0.1) is 6.10 Å². The van der Waals surface area contributed by atoms with E-state index >= 15 is 0 Å². The molecule has 0 amide bonds. The first-order chi connectivity index (χ1) is 5.29. The van der Waals surface area contributed by atoms with Gasteiger partial charge in [-0.15, -0.1) is 0 Å². The van der Waals surface area contributed by atoms with Crippen LogP contribution in [0.15, 0.2) is 0 Å². The molecule has 1 nitrogen and oxygen atoms in total. The molecule has 0 aliphatic carbocycles. The topological polar surface area (TPSA) is 9.23 Å². The van der Waals surface area contributed by atoms with Crippen molar-refractivity contribution in [3.05, 3.63) is 0 Å². The van der Waals surface area contributed by atoms with Crippen molar-refractivity contribution >= 4 is 0 Å². The fraction of sp³-hybridized carbons (Fsp3) is 1.00. The molecule has 0 aromatic heterocycles. The van der Waals surface area contributed by atoms with E-state index in [1.807, 2.05) is 27.7 Å². The van der Waals surface area contributed by atoms with Crippen LogP contribution >= 0.6 is 0 Å². The molecule has 2 atom stereocenters. The highest BCUT2D eigenvalue weighted by Crippen LogP contribution is 2.16. The van der Waals surface area contributed by atoms with Crippen LogP contribution in [0.25, 0.3) is 0 Å². The highest BCUT2D eigenvalue weighted by Gasteiger charge is 2.16. The maximum atomic E-state index is 5.27. The van der Waals surface area contributed by atoms with Crippen LogP contribution in [0.2, 0.25) is 0 Å². The Morgan fingerprint density at radius 2 is 1.45 bits per heavy atom. The summed E-state index contributed by atoms with van der Waals surface area (Å²) >= 11 is 0. The zero-order chi connectivity index (χ0) is 9.28. The molecule has 0 saturated carbocycles. The average Bonchev–Trinajstić information content (AvgIpc) is 2.43. The smallest absolute Gasteiger partial charge is 0.0550 e. The third kappa shape index (κ3) is 7.86. The van der Waals surface area contributed by atoms with E-state index < -0.39 is 0 Å². The molecule has 1 aliphatic rings.